The second-order valence-corrected chi connectivity index (χ2v) is 9.05. The zero-order valence-electron chi connectivity index (χ0n) is 20.5. The molecule has 1 aliphatic rings. The van der Waals surface area contributed by atoms with Gasteiger partial charge in [-0.25, -0.2) is 14.8 Å². The maximum atomic E-state index is 13.6. The number of benzene rings is 2. The molecule has 8 nitrogen and oxygen atoms in total. The van der Waals surface area contributed by atoms with Crippen LogP contribution in [-0.4, -0.2) is 46.8 Å². The largest absolute Gasteiger partial charge is 0.444 e. The number of alkyl halides is 3. The number of β-amino-alcohol motifs (C(OH)–C–C–N with tert-alkyl or cyclic N) is 1. The lowest BCUT2D eigenvalue weighted by Crippen LogP contribution is -2.48. The van der Waals surface area contributed by atoms with Crippen molar-refractivity contribution < 1.29 is 27.5 Å². The number of carbonyl (C=O) groups is 1. The summed E-state index contributed by atoms with van der Waals surface area (Å²) in [5, 5.41) is 13.7. The zero-order chi connectivity index (χ0) is 27.0. The van der Waals surface area contributed by atoms with Gasteiger partial charge in [0.2, 0.25) is 0 Å². The Bertz CT molecular complexity index is 1460. The smallest absolute Gasteiger partial charge is 0.416 e. The molecule has 2 atom stereocenters. The molecule has 0 saturated heterocycles. The highest BCUT2D eigenvalue weighted by Gasteiger charge is 2.36. The van der Waals surface area contributed by atoms with Crippen molar-refractivity contribution in [3.05, 3.63) is 78.8 Å². The molecule has 4 aromatic rings. The quantitative estimate of drug-likeness (QED) is 0.360. The summed E-state index contributed by atoms with van der Waals surface area (Å²) in [6.07, 6.45) is -2.56. The normalized spacial score (nSPS) is 17.6. The first-order chi connectivity index (χ1) is 18.1. The third kappa shape index (κ3) is 4.92. The number of halogens is 3. The van der Waals surface area contributed by atoms with E-state index in [1.165, 1.54) is 23.4 Å². The Morgan fingerprint density at radius 1 is 1.11 bits per heavy atom. The molecule has 2 N–H and O–H groups in total. The Kier molecular flexibility index (Phi) is 6.53. The molecule has 1 aliphatic heterocycles. The molecule has 2 amide bonds. The summed E-state index contributed by atoms with van der Waals surface area (Å²) in [5.74, 6) is 0.745. The van der Waals surface area contributed by atoms with Gasteiger partial charge in [-0.15, -0.1) is 0 Å². The van der Waals surface area contributed by atoms with Crippen LogP contribution in [0.5, 0.6) is 0 Å². The maximum absolute atomic E-state index is 13.6. The van der Waals surface area contributed by atoms with Crippen molar-refractivity contribution in [3.63, 3.8) is 0 Å². The number of nitrogens with one attached hydrogen (secondary N) is 1. The molecule has 2 aromatic carbocycles. The summed E-state index contributed by atoms with van der Waals surface area (Å²) < 4.78 is 45.3. The van der Waals surface area contributed by atoms with E-state index in [4.69, 9.17) is 4.42 Å². The molecule has 0 unspecified atom stereocenters. The van der Waals surface area contributed by atoms with Crippen LogP contribution < -0.4 is 15.1 Å². The maximum Gasteiger partial charge on any atom is 0.416 e. The number of aliphatic hydroxyl groups excluding tert-OH is 1. The highest BCUT2D eigenvalue weighted by atomic mass is 19.4. The lowest BCUT2D eigenvalue weighted by atomic mass is 10.1. The molecule has 11 heteroatoms. The molecule has 0 fully saturated rings. The van der Waals surface area contributed by atoms with Crippen LogP contribution in [0.15, 0.2) is 77.7 Å². The fourth-order valence-corrected chi connectivity index (χ4v) is 4.40. The number of pyridine rings is 1. The highest BCUT2D eigenvalue weighted by molar-refractivity contribution is 6.04. The van der Waals surface area contributed by atoms with Gasteiger partial charge >= 0.3 is 12.2 Å². The first-order valence-electron chi connectivity index (χ1n) is 11.8. The topological polar surface area (TPSA) is 94.7 Å². The van der Waals surface area contributed by atoms with Gasteiger partial charge in [0.25, 0.3) is 0 Å². The Morgan fingerprint density at radius 3 is 2.61 bits per heavy atom. The number of urea groups is 1. The number of likely N-dealkylation sites (N-methyl/N-ethyl adjacent to an activating group) is 1. The average molecular weight is 524 g/mol. The lowest BCUT2D eigenvalue weighted by Gasteiger charge is -2.29. The SMILES string of the molecule is C[C@@H]1[C@H](O)CN(C)c2ccc(-c3cccc(C(F)(F)F)c3)nc2N1C(=O)Nc1cccc(-c2cnco2)c1. The fourth-order valence-electron chi connectivity index (χ4n) is 4.40. The van der Waals surface area contributed by atoms with Crippen LogP contribution in [0.25, 0.3) is 22.6 Å². The first kappa shape index (κ1) is 25.3. The number of oxazole rings is 1. The van der Waals surface area contributed by atoms with Gasteiger partial charge in [0.05, 0.1) is 35.3 Å². The van der Waals surface area contributed by atoms with Crippen molar-refractivity contribution in [2.24, 2.45) is 0 Å². The van der Waals surface area contributed by atoms with E-state index in [-0.39, 0.29) is 23.6 Å². The molecular weight excluding hydrogens is 499 g/mol. The molecular formula is C27H24F3N5O3. The highest BCUT2D eigenvalue weighted by Crippen LogP contribution is 2.37. The summed E-state index contributed by atoms with van der Waals surface area (Å²) in [6, 6.07) is 13.9. The van der Waals surface area contributed by atoms with Crippen LogP contribution in [0.3, 0.4) is 0 Å². The minimum Gasteiger partial charge on any atom is -0.444 e. The summed E-state index contributed by atoms with van der Waals surface area (Å²) in [4.78, 5) is 25.3. The second kappa shape index (κ2) is 9.82. The van der Waals surface area contributed by atoms with Crippen LogP contribution in [0, 0.1) is 0 Å². The average Bonchev–Trinajstić information content (AvgIpc) is 3.41. The Morgan fingerprint density at radius 2 is 1.87 bits per heavy atom. The minimum atomic E-state index is -4.51. The summed E-state index contributed by atoms with van der Waals surface area (Å²) >= 11 is 0. The summed E-state index contributed by atoms with van der Waals surface area (Å²) in [6.45, 7) is 1.92. The number of nitrogens with zero attached hydrogens (tertiary/aromatic N) is 4. The van der Waals surface area contributed by atoms with E-state index >= 15 is 0 Å². The number of aromatic nitrogens is 2. The van der Waals surface area contributed by atoms with Crippen LogP contribution in [0.1, 0.15) is 12.5 Å². The fraction of sp³-hybridized carbons (Fsp3) is 0.222. The minimum absolute atomic E-state index is 0.218. The molecule has 0 spiro atoms. The molecule has 3 heterocycles. The van der Waals surface area contributed by atoms with Crippen molar-refractivity contribution in [2.45, 2.75) is 25.2 Å². The van der Waals surface area contributed by atoms with Crippen LogP contribution in [0.2, 0.25) is 0 Å². The molecule has 2 aromatic heterocycles. The first-order valence-corrected chi connectivity index (χ1v) is 11.8. The van der Waals surface area contributed by atoms with Gasteiger partial charge < -0.3 is 19.7 Å². The van der Waals surface area contributed by atoms with E-state index in [2.05, 4.69) is 15.3 Å². The van der Waals surface area contributed by atoms with Gasteiger partial charge in [-0.2, -0.15) is 13.2 Å². The number of amides is 2. The van der Waals surface area contributed by atoms with E-state index < -0.39 is 29.9 Å². The van der Waals surface area contributed by atoms with Gasteiger partial charge in [-0.3, -0.25) is 4.90 Å². The van der Waals surface area contributed by atoms with Gasteiger partial charge in [0.15, 0.2) is 18.0 Å². The summed E-state index contributed by atoms with van der Waals surface area (Å²) in [5.41, 5.74) is 1.44. The standard InChI is InChI=1S/C27H24F3N5O3/c1-16-23(36)14-34(2)22-10-9-21(17-5-3-7-19(11-17)27(28,29)30)33-25(22)35(16)26(37)32-20-8-4-6-18(12-20)24-13-31-15-38-24/h3-13,15-16,23,36H,14H2,1-2H3,(H,32,37)/t16-,23-/m1/s1. The summed E-state index contributed by atoms with van der Waals surface area (Å²) in [7, 11) is 1.75. The van der Waals surface area contributed by atoms with E-state index in [9.17, 15) is 23.1 Å². The molecule has 196 valence electrons. The van der Waals surface area contributed by atoms with E-state index in [0.717, 1.165) is 12.1 Å². The number of hydrogen-bond donors (Lipinski definition) is 2. The number of aliphatic hydroxyl groups is 1. The van der Waals surface area contributed by atoms with E-state index in [1.807, 2.05) is 6.07 Å². The van der Waals surface area contributed by atoms with Crippen LogP contribution in [0.4, 0.5) is 35.2 Å². The molecule has 0 radical (unpaired) electrons. The monoisotopic (exact) mass is 523 g/mol. The zero-order valence-corrected chi connectivity index (χ0v) is 20.5. The number of fused-ring (bicyclic) bond motifs is 1. The predicted molar refractivity (Wildman–Crippen MR) is 137 cm³/mol. The molecule has 5 rings (SSSR count). The Balaban J connectivity index is 1.54. The molecule has 0 saturated carbocycles. The predicted octanol–water partition coefficient (Wildman–Crippen LogP) is 5.66. The number of anilines is 3. The third-order valence-electron chi connectivity index (χ3n) is 6.45. The molecule has 0 aliphatic carbocycles. The van der Waals surface area contributed by atoms with Crippen molar-refractivity contribution in [1.82, 2.24) is 9.97 Å². The molecule has 38 heavy (non-hydrogen) atoms. The molecule has 0 bridgehead atoms. The van der Waals surface area contributed by atoms with Crippen molar-refractivity contribution in [3.8, 4) is 22.6 Å². The van der Waals surface area contributed by atoms with Crippen molar-refractivity contribution in [2.75, 3.05) is 28.7 Å². The van der Waals surface area contributed by atoms with Crippen molar-refractivity contribution >= 4 is 23.2 Å². The Labute approximate surface area is 216 Å². The second-order valence-electron chi connectivity index (χ2n) is 9.05. The van der Waals surface area contributed by atoms with Gasteiger partial charge in [0, 0.05) is 30.4 Å². The van der Waals surface area contributed by atoms with E-state index in [1.54, 1.807) is 55.4 Å². The van der Waals surface area contributed by atoms with Gasteiger partial charge in [-0.05, 0) is 43.3 Å². The lowest BCUT2D eigenvalue weighted by molar-refractivity contribution is -0.137. The van der Waals surface area contributed by atoms with E-state index in [0.29, 0.717) is 22.7 Å². The third-order valence-corrected chi connectivity index (χ3v) is 6.45. The van der Waals surface area contributed by atoms with Gasteiger partial charge in [0.1, 0.15) is 0 Å². The van der Waals surface area contributed by atoms with Crippen LogP contribution >= 0.6 is 0 Å². The Hall–Kier alpha value is -4.38. The number of carbonyl (C=O) groups excluding carboxylic acids is 1. The van der Waals surface area contributed by atoms with Crippen LogP contribution in [-0.2, 0) is 6.18 Å². The van der Waals surface area contributed by atoms with Gasteiger partial charge in [-0.1, -0.05) is 24.3 Å². The number of rotatable bonds is 3. The van der Waals surface area contributed by atoms with Crippen molar-refractivity contribution in [1.29, 1.82) is 0 Å². The number of hydrogen-bond acceptors (Lipinski definition) is 6.